The normalized spacial score (nSPS) is 20.0. The molecule has 0 radical (unpaired) electrons. The van der Waals surface area contributed by atoms with E-state index in [2.05, 4.69) is 4.74 Å². The first kappa shape index (κ1) is 16.5. The number of ether oxygens (including phenoxy) is 4. The SMILES string of the molecule is CC(Oc1ccc2c(c1)OCO2)C(=O)N1CC(CN2C(=O)COC2=O)C1. The Morgan fingerprint density at radius 3 is 2.73 bits per heavy atom. The van der Waals surface area contributed by atoms with Gasteiger partial charge in [-0.25, -0.2) is 9.69 Å². The van der Waals surface area contributed by atoms with Crippen molar-refractivity contribution >= 4 is 17.9 Å². The molecule has 3 aliphatic rings. The van der Waals surface area contributed by atoms with Gasteiger partial charge in [-0.3, -0.25) is 9.59 Å². The molecule has 0 bridgehead atoms. The van der Waals surface area contributed by atoms with E-state index in [0.29, 0.717) is 30.3 Å². The number of likely N-dealkylation sites (tertiary alicyclic amines) is 1. The van der Waals surface area contributed by atoms with Crippen molar-refractivity contribution in [1.82, 2.24) is 9.80 Å². The van der Waals surface area contributed by atoms with Gasteiger partial charge in [-0.1, -0.05) is 0 Å². The van der Waals surface area contributed by atoms with Crippen LogP contribution in [0.5, 0.6) is 17.2 Å². The van der Waals surface area contributed by atoms with Crippen LogP contribution in [0.4, 0.5) is 4.79 Å². The number of carbonyl (C=O) groups excluding carboxylic acids is 3. The number of imide groups is 1. The fraction of sp³-hybridized carbons (Fsp3) is 0.471. The largest absolute Gasteiger partial charge is 0.481 e. The van der Waals surface area contributed by atoms with Gasteiger partial charge < -0.3 is 23.8 Å². The fourth-order valence-corrected chi connectivity index (χ4v) is 3.14. The summed E-state index contributed by atoms with van der Waals surface area (Å²) < 4.78 is 20.9. The van der Waals surface area contributed by atoms with E-state index < -0.39 is 12.2 Å². The number of benzene rings is 1. The minimum atomic E-state index is -0.658. The highest BCUT2D eigenvalue weighted by molar-refractivity contribution is 5.97. The van der Waals surface area contributed by atoms with E-state index in [1.165, 1.54) is 0 Å². The summed E-state index contributed by atoms with van der Waals surface area (Å²) in [5.74, 6) is 1.35. The predicted octanol–water partition coefficient (Wildman–Crippen LogP) is 0.620. The molecule has 0 N–H and O–H groups in total. The number of amides is 3. The highest BCUT2D eigenvalue weighted by Gasteiger charge is 2.39. The second kappa shape index (κ2) is 6.40. The Morgan fingerprint density at radius 1 is 1.23 bits per heavy atom. The second-order valence-corrected chi connectivity index (χ2v) is 6.44. The van der Waals surface area contributed by atoms with Crippen molar-refractivity contribution in [2.75, 3.05) is 33.0 Å². The van der Waals surface area contributed by atoms with Gasteiger partial charge in [0.25, 0.3) is 11.8 Å². The van der Waals surface area contributed by atoms with Gasteiger partial charge in [0, 0.05) is 31.6 Å². The smallest absolute Gasteiger partial charge is 0.417 e. The molecular formula is C17H18N2O7. The van der Waals surface area contributed by atoms with Crippen LogP contribution in [-0.4, -0.2) is 66.8 Å². The van der Waals surface area contributed by atoms with Gasteiger partial charge in [0.2, 0.25) is 6.79 Å². The van der Waals surface area contributed by atoms with E-state index in [0.717, 1.165) is 4.90 Å². The van der Waals surface area contributed by atoms with Crippen LogP contribution < -0.4 is 14.2 Å². The molecule has 1 aromatic rings. The molecule has 3 aliphatic heterocycles. The van der Waals surface area contributed by atoms with Crippen LogP contribution in [0.15, 0.2) is 18.2 Å². The van der Waals surface area contributed by atoms with Crippen LogP contribution in [0.3, 0.4) is 0 Å². The molecular weight excluding hydrogens is 344 g/mol. The third-order valence-corrected chi connectivity index (χ3v) is 4.55. The number of fused-ring (bicyclic) bond motifs is 1. The van der Waals surface area contributed by atoms with Crippen LogP contribution in [0.25, 0.3) is 0 Å². The van der Waals surface area contributed by atoms with Gasteiger partial charge in [-0.2, -0.15) is 0 Å². The number of carbonyl (C=O) groups is 3. The molecule has 0 saturated carbocycles. The monoisotopic (exact) mass is 362 g/mol. The number of hydrogen-bond donors (Lipinski definition) is 0. The summed E-state index contributed by atoms with van der Waals surface area (Å²) >= 11 is 0. The lowest BCUT2D eigenvalue weighted by molar-refractivity contribution is -0.145. The lowest BCUT2D eigenvalue weighted by Crippen LogP contribution is -2.57. The molecule has 0 spiro atoms. The lowest BCUT2D eigenvalue weighted by atomic mass is 9.99. The number of hydrogen-bond acceptors (Lipinski definition) is 7. The zero-order valence-corrected chi connectivity index (χ0v) is 14.2. The van der Waals surface area contributed by atoms with Crippen LogP contribution in [0.2, 0.25) is 0 Å². The van der Waals surface area contributed by atoms with Crippen molar-refractivity contribution in [3.63, 3.8) is 0 Å². The van der Waals surface area contributed by atoms with Crippen LogP contribution in [0.1, 0.15) is 6.92 Å². The Bertz CT molecular complexity index is 743. The van der Waals surface area contributed by atoms with Crippen LogP contribution >= 0.6 is 0 Å². The Kier molecular flexibility index (Phi) is 4.06. The molecule has 9 heteroatoms. The Labute approximate surface area is 149 Å². The minimum absolute atomic E-state index is 0.0614. The summed E-state index contributed by atoms with van der Waals surface area (Å²) in [7, 11) is 0. The van der Waals surface area contributed by atoms with Gasteiger partial charge in [0.05, 0.1) is 0 Å². The standard InChI is InChI=1S/C17H18N2O7/c1-10(26-12-2-3-13-14(4-12)25-9-24-13)16(21)18-5-11(6-18)7-19-15(20)8-23-17(19)22/h2-4,10-11H,5-9H2,1H3. The van der Waals surface area contributed by atoms with Gasteiger partial charge in [-0.15, -0.1) is 0 Å². The van der Waals surface area contributed by atoms with Gasteiger partial charge >= 0.3 is 6.09 Å². The van der Waals surface area contributed by atoms with Crippen molar-refractivity contribution in [3.05, 3.63) is 18.2 Å². The summed E-state index contributed by atoms with van der Waals surface area (Å²) in [4.78, 5) is 38.1. The molecule has 138 valence electrons. The molecule has 9 nitrogen and oxygen atoms in total. The highest BCUT2D eigenvalue weighted by Crippen LogP contribution is 2.35. The first-order valence-corrected chi connectivity index (χ1v) is 8.33. The van der Waals surface area contributed by atoms with E-state index >= 15 is 0 Å². The van der Waals surface area contributed by atoms with Gasteiger partial charge in [0.15, 0.2) is 24.2 Å². The molecule has 26 heavy (non-hydrogen) atoms. The van der Waals surface area contributed by atoms with E-state index in [1.807, 2.05) is 0 Å². The quantitative estimate of drug-likeness (QED) is 0.758. The van der Waals surface area contributed by atoms with Gasteiger partial charge in [0.1, 0.15) is 5.75 Å². The summed E-state index contributed by atoms with van der Waals surface area (Å²) in [6.45, 7) is 2.89. The molecule has 1 unspecified atom stereocenters. The fourth-order valence-electron chi connectivity index (χ4n) is 3.14. The molecule has 3 amide bonds. The molecule has 1 aromatic carbocycles. The topological polar surface area (TPSA) is 94.6 Å². The Hall–Kier alpha value is -2.97. The third kappa shape index (κ3) is 3.00. The van der Waals surface area contributed by atoms with E-state index in [-0.39, 0.29) is 37.7 Å². The molecule has 3 heterocycles. The summed E-state index contributed by atoms with van der Waals surface area (Å²) in [6, 6.07) is 5.15. The number of nitrogens with zero attached hydrogens (tertiary/aromatic N) is 2. The maximum absolute atomic E-state index is 12.4. The average molecular weight is 362 g/mol. The van der Waals surface area contributed by atoms with Crippen molar-refractivity contribution in [1.29, 1.82) is 0 Å². The first-order valence-electron chi connectivity index (χ1n) is 8.33. The molecule has 1 atom stereocenters. The lowest BCUT2D eigenvalue weighted by Gasteiger charge is -2.41. The van der Waals surface area contributed by atoms with Crippen LogP contribution in [0, 0.1) is 5.92 Å². The molecule has 0 aliphatic carbocycles. The van der Waals surface area contributed by atoms with Gasteiger partial charge in [-0.05, 0) is 19.1 Å². The van der Waals surface area contributed by atoms with E-state index in [9.17, 15) is 14.4 Å². The average Bonchev–Trinajstić information content (AvgIpc) is 3.17. The Balaban J connectivity index is 1.27. The second-order valence-electron chi connectivity index (χ2n) is 6.44. The predicted molar refractivity (Wildman–Crippen MR) is 85.8 cm³/mol. The number of cyclic esters (lactones) is 1. The third-order valence-electron chi connectivity index (χ3n) is 4.55. The van der Waals surface area contributed by atoms with Crippen LogP contribution in [-0.2, 0) is 14.3 Å². The van der Waals surface area contributed by atoms with E-state index in [4.69, 9.17) is 14.2 Å². The highest BCUT2D eigenvalue weighted by atomic mass is 16.7. The summed E-state index contributed by atoms with van der Waals surface area (Å²) in [5, 5.41) is 0. The van der Waals surface area contributed by atoms with Crippen molar-refractivity contribution in [2.24, 2.45) is 5.92 Å². The summed E-state index contributed by atoms with van der Waals surface area (Å²) in [5.41, 5.74) is 0. The number of rotatable bonds is 5. The minimum Gasteiger partial charge on any atom is -0.481 e. The maximum atomic E-state index is 12.4. The molecule has 2 saturated heterocycles. The molecule has 0 aromatic heterocycles. The van der Waals surface area contributed by atoms with Crippen molar-refractivity contribution in [2.45, 2.75) is 13.0 Å². The summed E-state index contributed by atoms with van der Waals surface area (Å²) in [6.07, 6.45) is -1.27. The molecule has 2 fully saturated rings. The Morgan fingerprint density at radius 2 is 2.00 bits per heavy atom. The first-order chi connectivity index (χ1) is 12.5. The van der Waals surface area contributed by atoms with Crippen molar-refractivity contribution in [3.8, 4) is 17.2 Å². The maximum Gasteiger partial charge on any atom is 0.417 e. The van der Waals surface area contributed by atoms with E-state index in [1.54, 1.807) is 30.0 Å². The zero-order valence-electron chi connectivity index (χ0n) is 14.2. The zero-order chi connectivity index (χ0) is 18.3. The molecule has 4 rings (SSSR count). The van der Waals surface area contributed by atoms with Crippen molar-refractivity contribution < 1.29 is 33.3 Å².